The molecule has 0 bridgehead atoms. The second-order valence-electron chi connectivity index (χ2n) is 8.32. The molecule has 1 saturated carbocycles. The molecular formula is C21H30FN3O5S. The minimum absolute atomic E-state index is 0.0222. The van der Waals surface area contributed by atoms with Crippen LogP contribution in [0.2, 0.25) is 0 Å². The van der Waals surface area contributed by atoms with E-state index in [1.165, 1.54) is 12.1 Å². The molecule has 0 radical (unpaired) electrons. The number of ether oxygens (including phenoxy) is 1. The van der Waals surface area contributed by atoms with Crippen LogP contribution in [0.5, 0.6) is 5.75 Å². The van der Waals surface area contributed by atoms with E-state index < -0.39 is 15.8 Å². The molecule has 31 heavy (non-hydrogen) atoms. The van der Waals surface area contributed by atoms with E-state index in [9.17, 15) is 22.4 Å². The number of piperidine rings is 1. The molecule has 3 N–H and O–H groups in total. The average molecular weight is 456 g/mol. The van der Waals surface area contributed by atoms with Gasteiger partial charge in [0.15, 0.2) is 11.6 Å². The van der Waals surface area contributed by atoms with Crippen LogP contribution in [0.4, 0.5) is 4.39 Å². The van der Waals surface area contributed by atoms with Crippen molar-refractivity contribution >= 4 is 21.8 Å². The van der Waals surface area contributed by atoms with E-state index in [1.807, 2.05) is 0 Å². The standard InChI is InChI=1S/C21H30FN3O5S/c1-14(4-2-3-11-23-18-9-10-20(26)24-21(18)27)25-31(28,29)16-7-8-17(22)19(12-16)30-13-15-5-6-15/h7-8,12,14-15,18,23,25H,2-6,9-11,13H2,1H3,(H,24,26,27). The summed E-state index contributed by atoms with van der Waals surface area (Å²) in [5, 5.41) is 5.43. The first kappa shape index (κ1) is 23.6. The van der Waals surface area contributed by atoms with Gasteiger partial charge in [-0.25, -0.2) is 17.5 Å². The van der Waals surface area contributed by atoms with Crippen LogP contribution in [0.3, 0.4) is 0 Å². The summed E-state index contributed by atoms with van der Waals surface area (Å²) in [6, 6.07) is 2.92. The van der Waals surface area contributed by atoms with Gasteiger partial charge in [0, 0.05) is 18.5 Å². The Hall–Kier alpha value is -2.04. The molecule has 3 rings (SSSR count). The number of nitrogens with one attached hydrogen (secondary N) is 3. The molecule has 1 aromatic rings. The second-order valence-corrected chi connectivity index (χ2v) is 10.0. The number of amides is 2. The molecule has 8 nitrogen and oxygen atoms in total. The number of rotatable bonds is 12. The van der Waals surface area contributed by atoms with Crippen LogP contribution >= 0.6 is 0 Å². The highest BCUT2D eigenvalue weighted by Crippen LogP contribution is 2.30. The van der Waals surface area contributed by atoms with Gasteiger partial charge >= 0.3 is 0 Å². The number of unbranched alkanes of at least 4 members (excludes halogenated alkanes) is 1. The molecule has 2 atom stereocenters. The summed E-state index contributed by atoms with van der Waals surface area (Å²) in [5.74, 6) is -0.718. The number of halogens is 1. The van der Waals surface area contributed by atoms with Crippen molar-refractivity contribution in [1.29, 1.82) is 0 Å². The Balaban J connectivity index is 1.40. The molecule has 0 spiro atoms. The summed E-state index contributed by atoms with van der Waals surface area (Å²) in [7, 11) is -3.79. The quantitative estimate of drug-likeness (QED) is 0.327. The Bertz CT molecular complexity index is 904. The minimum Gasteiger partial charge on any atom is -0.490 e. The molecule has 10 heteroatoms. The van der Waals surface area contributed by atoms with Crippen LogP contribution < -0.4 is 20.1 Å². The predicted molar refractivity (Wildman–Crippen MR) is 112 cm³/mol. The molecule has 1 aliphatic heterocycles. The van der Waals surface area contributed by atoms with Crippen molar-refractivity contribution in [2.24, 2.45) is 5.92 Å². The SMILES string of the molecule is CC(CCCCNC1CCC(=O)NC1=O)NS(=O)(=O)c1ccc(F)c(OCC2CC2)c1. The monoisotopic (exact) mass is 455 g/mol. The number of carbonyl (C=O) groups excluding carboxylic acids is 2. The second kappa shape index (κ2) is 10.5. The third-order valence-corrected chi connectivity index (χ3v) is 7.02. The fourth-order valence-electron chi connectivity index (χ4n) is 3.39. The maximum absolute atomic E-state index is 13.9. The Morgan fingerprint density at radius 1 is 1.23 bits per heavy atom. The zero-order valence-corrected chi connectivity index (χ0v) is 18.5. The van der Waals surface area contributed by atoms with E-state index in [2.05, 4.69) is 15.4 Å². The number of imide groups is 1. The molecule has 1 heterocycles. The lowest BCUT2D eigenvalue weighted by atomic mass is 10.1. The van der Waals surface area contributed by atoms with E-state index in [0.29, 0.717) is 38.3 Å². The number of benzene rings is 1. The highest BCUT2D eigenvalue weighted by molar-refractivity contribution is 7.89. The molecule has 2 amide bonds. The van der Waals surface area contributed by atoms with Crippen molar-refractivity contribution < 1.29 is 27.1 Å². The topological polar surface area (TPSA) is 114 Å². The van der Waals surface area contributed by atoms with E-state index in [4.69, 9.17) is 4.74 Å². The van der Waals surface area contributed by atoms with Crippen LogP contribution in [0.1, 0.15) is 51.9 Å². The zero-order valence-electron chi connectivity index (χ0n) is 17.7. The van der Waals surface area contributed by atoms with Crippen molar-refractivity contribution in [3.8, 4) is 5.75 Å². The van der Waals surface area contributed by atoms with E-state index >= 15 is 0 Å². The smallest absolute Gasteiger partial charge is 0.243 e. The van der Waals surface area contributed by atoms with Crippen LogP contribution in [-0.4, -0.2) is 45.5 Å². The summed E-state index contributed by atoms with van der Waals surface area (Å²) >= 11 is 0. The third kappa shape index (κ3) is 7.26. The fraction of sp³-hybridized carbons (Fsp3) is 0.619. The van der Waals surface area contributed by atoms with Gasteiger partial charge in [-0.15, -0.1) is 0 Å². The molecule has 2 aliphatic rings. The lowest BCUT2D eigenvalue weighted by molar-refractivity contribution is -0.134. The molecule has 1 aromatic carbocycles. The van der Waals surface area contributed by atoms with Gasteiger partial charge in [-0.05, 0) is 63.6 Å². The van der Waals surface area contributed by atoms with Crippen molar-refractivity contribution in [3.05, 3.63) is 24.0 Å². The first-order valence-electron chi connectivity index (χ1n) is 10.8. The maximum atomic E-state index is 13.9. The summed E-state index contributed by atoms with van der Waals surface area (Å²) < 4.78 is 47.3. The third-order valence-electron chi connectivity index (χ3n) is 5.43. The lowest BCUT2D eigenvalue weighted by Crippen LogP contribution is -2.50. The predicted octanol–water partition coefficient (Wildman–Crippen LogP) is 1.85. The summed E-state index contributed by atoms with van der Waals surface area (Å²) in [4.78, 5) is 22.8. The summed E-state index contributed by atoms with van der Waals surface area (Å²) in [5.41, 5.74) is 0. The number of sulfonamides is 1. The molecule has 2 fully saturated rings. The highest BCUT2D eigenvalue weighted by Gasteiger charge is 2.26. The van der Waals surface area contributed by atoms with E-state index in [-0.39, 0.29) is 34.5 Å². The molecular weight excluding hydrogens is 425 g/mol. The van der Waals surface area contributed by atoms with Crippen molar-refractivity contribution in [2.45, 2.75) is 68.8 Å². The average Bonchev–Trinajstić information content (AvgIpc) is 3.52. The van der Waals surface area contributed by atoms with Gasteiger partial charge in [-0.1, -0.05) is 6.42 Å². The lowest BCUT2D eigenvalue weighted by Gasteiger charge is -2.22. The highest BCUT2D eigenvalue weighted by atomic mass is 32.2. The van der Waals surface area contributed by atoms with E-state index in [0.717, 1.165) is 31.7 Å². The van der Waals surface area contributed by atoms with Crippen LogP contribution in [0.25, 0.3) is 0 Å². The van der Waals surface area contributed by atoms with E-state index in [1.54, 1.807) is 6.92 Å². The van der Waals surface area contributed by atoms with Gasteiger partial charge in [-0.3, -0.25) is 14.9 Å². The normalized spacial score (nSPS) is 20.4. The Kier molecular flexibility index (Phi) is 8.01. The van der Waals surface area contributed by atoms with Crippen LogP contribution in [0.15, 0.2) is 23.1 Å². The summed E-state index contributed by atoms with van der Waals surface area (Å²) in [6.07, 6.45) is 5.07. The summed E-state index contributed by atoms with van der Waals surface area (Å²) in [6.45, 7) is 2.78. The minimum atomic E-state index is -3.79. The van der Waals surface area contributed by atoms with Crippen molar-refractivity contribution in [2.75, 3.05) is 13.2 Å². The Morgan fingerprint density at radius 3 is 2.71 bits per heavy atom. The molecule has 2 unspecified atom stereocenters. The molecule has 172 valence electrons. The number of carbonyl (C=O) groups is 2. The van der Waals surface area contributed by atoms with Gasteiger partial charge in [0.2, 0.25) is 21.8 Å². The first-order chi connectivity index (χ1) is 14.7. The maximum Gasteiger partial charge on any atom is 0.243 e. The number of hydrogen-bond donors (Lipinski definition) is 3. The fourth-order valence-corrected chi connectivity index (χ4v) is 4.68. The molecule has 0 aromatic heterocycles. The number of hydrogen-bond acceptors (Lipinski definition) is 6. The van der Waals surface area contributed by atoms with Crippen LogP contribution in [-0.2, 0) is 19.6 Å². The van der Waals surface area contributed by atoms with Gasteiger partial charge in [0.25, 0.3) is 0 Å². The van der Waals surface area contributed by atoms with Crippen LogP contribution in [0, 0.1) is 11.7 Å². The van der Waals surface area contributed by atoms with Gasteiger partial charge in [-0.2, -0.15) is 0 Å². The van der Waals surface area contributed by atoms with Gasteiger partial charge in [0.05, 0.1) is 17.5 Å². The Morgan fingerprint density at radius 2 is 2.00 bits per heavy atom. The van der Waals surface area contributed by atoms with Gasteiger partial charge in [0.1, 0.15) is 0 Å². The molecule has 1 aliphatic carbocycles. The van der Waals surface area contributed by atoms with Gasteiger partial charge < -0.3 is 10.1 Å². The van der Waals surface area contributed by atoms with Crippen molar-refractivity contribution in [3.63, 3.8) is 0 Å². The first-order valence-corrected chi connectivity index (χ1v) is 12.2. The van der Waals surface area contributed by atoms with Crippen molar-refractivity contribution in [1.82, 2.24) is 15.4 Å². The zero-order chi connectivity index (χ0) is 22.4. The Labute approximate surface area is 182 Å². The molecule has 1 saturated heterocycles. The largest absolute Gasteiger partial charge is 0.490 e.